The van der Waals surface area contributed by atoms with E-state index < -0.39 is 41.4 Å². The van der Waals surface area contributed by atoms with E-state index in [0.29, 0.717) is 24.5 Å². The number of hydrogen-bond acceptors (Lipinski definition) is 5. The third-order valence-electron chi connectivity index (χ3n) is 4.83. The van der Waals surface area contributed by atoms with E-state index >= 15 is 0 Å². The van der Waals surface area contributed by atoms with E-state index in [9.17, 15) is 40.3 Å². The van der Waals surface area contributed by atoms with E-state index in [2.05, 4.69) is 15.0 Å². The largest absolute Gasteiger partial charge is 0.573 e. The first kappa shape index (κ1) is 27.4. The molecule has 0 aliphatic carbocycles. The summed E-state index contributed by atoms with van der Waals surface area (Å²) in [5, 5.41) is 2.78. The number of nitrogens with zero attached hydrogens (tertiary/aromatic N) is 1. The fourth-order valence-corrected chi connectivity index (χ4v) is 3.18. The van der Waals surface area contributed by atoms with Crippen molar-refractivity contribution in [1.29, 1.82) is 0 Å². The molecule has 1 amide bonds. The molecule has 0 fully saturated rings. The maximum atomic E-state index is 12.5. The van der Waals surface area contributed by atoms with Gasteiger partial charge in [0.1, 0.15) is 11.4 Å². The molecular formula is C24H17F7N2O4. The first-order chi connectivity index (χ1) is 17.3. The number of nitrogens with one attached hydrogen (secondary N) is 1. The molecule has 0 saturated heterocycles. The Labute approximate surface area is 205 Å². The van der Waals surface area contributed by atoms with Crippen LogP contribution in [-0.2, 0) is 0 Å². The fourth-order valence-electron chi connectivity index (χ4n) is 3.18. The number of carbonyl (C=O) groups excluding carboxylic acids is 2. The van der Waals surface area contributed by atoms with Gasteiger partial charge in [0.25, 0.3) is 11.7 Å². The Balaban J connectivity index is 0.000000266. The van der Waals surface area contributed by atoms with Crippen molar-refractivity contribution in [1.82, 2.24) is 10.3 Å². The number of fused-ring (bicyclic) bond motifs is 1. The Morgan fingerprint density at radius 3 is 2.19 bits per heavy atom. The SMILES string of the molecule is Fc1ccccc1OC(F)(F)F.O=C(NC1CCOc2cccnc21)c1ccc(C(=O)C(F)(F)F)cc1. The zero-order chi connectivity index (χ0) is 27.2. The number of rotatable bonds is 4. The van der Waals surface area contributed by atoms with Crippen molar-refractivity contribution < 1.29 is 49.8 Å². The zero-order valence-electron chi connectivity index (χ0n) is 18.6. The molecule has 0 bridgehead atoms. The zero-order valence-corrected chi connectivity index (χ0v) is 18.6. The second-order valence-corrected chi connectivity index (χ2v) is 7.43. The minimum absolute atomic E-state index is 0.155. The maximum absolute atomic E-state index is 12.5. The Morgan fingerprint density at radius 2 is 1.57 bits per heavy atom. The minimum Gasteiger partial charge on any atom is -0.491 e. The first-order valence-corrected chi connectivity index (χ1v) is 10.5. The highest BCUT2D eigenvalue weighted by atomic mass is 19.4. The number of amides is 1. The second kappa shape index (κ2) is 11.3. The Kier molecular flexibility index (Phi) is 8.35. The van der Waals surface area contributed by atoms with Crippen molar-refractivity contribution in [3.63, 3.8) is 0 Å². The van der Waals surface area contributed by atoms with E-state index in [1.807, 2.05) is 0 Å². The normalized spacial score (nSPS) is 14.8. The van der Waals surface area contributed by atoms with Gasteiger partial charge in [-0.15, -0.1) is 13.2 Å². The van der Waals surface area contributed by atoms with Gasteiger partial charge in [-0.2, -0.15) is 13.2 Å². The molecule has 1 unspecified atom stereocenters. The van der Waals surface area contributed by atoms with Crippen LogP contribution in [0.4, 0.5) is 30.7 Å². The molecule has 1 aromatic heterocycles. The summed E-state index contributed by atoms with van der Waals surface area (Å²) < 4.78 is 93.1. The van der Waals surface area contributed by atoms with E-state index in [1.165, 1.54) is 24.3 Å². The van der Waals surface area contributed by atoms with Gasteiger partial charge in [-0.05, 0) is 36.4 Å². The van der Waals surface area contributed by atoms with Gasteiger partial charge in [0.2, 0.25) is 0 Å². The van der Waals surface area contributed by atoms with Gasteiger partial charge in [0.15, 0.2) is 11.6 Å². The van der Waals surface area contributed by atoms with Crippen LogP contribution >= 0.6 is 0 Å². The Morgan fingerprint density at radius 1 is 0.919 bits per heavy atom. The molecule has 3 aromatic rings. The molecule has 1 N–H and O–H groups in total. The van der Waals surface area contributed by atoms with Crippen LogP contribution in [0.1, 0.15) is 38.9 Å². The predicted octanol–water partition coefficient (Wildman–Crippen LogP) is 5.80. The number of hydrogen-bond donors (Lipinski definition) is 1. The van der Waals surface area contributed by atoms with Gasteiger partial charge in [-0.1, -0.05) is 24.3 Å². The van der Waals surface area contributed by atoms with Gasteiger partial charge in [-0.3, -0.25) is 14.6 Å². The summed E-state index contributed by atoms with van der Waals surface area (Å²) in [7, 11) is 0. The minimum atomic E-state index is -4.94. The van der Waals surface area contributed by atoms with Gasteiger partial charge < -0.3 is 14.8 Å². The Hall–Kier alpha value is -4.16. The quantitative estimate of drug-likeness (QED) is 0.341. The number of para-hydroxylation sites is 1. The molecule has 1 aliphatic heterocycles. The second-order valence-electron chi connectivity index (χ2n) is 7.43. The molecule has 0 radical (unpaired) electrons. The van der Waals surface area contributed by atoms with Crippen molar-refractivity contribution in [2.24, 2.45) is 0 Å². The third kappa shape index (κ3) is 7.66. The average Bonchev–Trinajstić information content (AvgIpc) is 2.84. The highest BCUT2D eigenvalue weighted by Gasteiger charge is 2.39. The molecule has 4 rings (SSSR count). The molecule has 6 nitrogen and oxygen atoms in total. The van der Waals surface area contributed by atoms with Crippen molar-refractivity contribution in [2.75, 3.05) is 6.61 Å². The number of ether oxygens (including phenoxy) is 2. The molecule has 196 valence electrons. The summed E-state index contributed by atoms with van der Waals surface area (Å²) in [5.41, 5.74) is 0.246. The predicted molar refractivity (Wildman–Crippen MR) is 114 cm³/mol. The lowest BCUT2D eigenvalue weighted by molar-refractivity contribution is -0.275. The Bertz CT molecular complexity index is 1240. The monoisotopic (exact) mass is 530 g/mol. The molecule has 1 atom stereocenters. The van der Waals surface area contributed by atoms with E-state index in [1.54, 1.807) is 18.3 Å². The van der Waals surface area contributed by atoms with Gasteiger partial charge in [0, 0.05) is 23.7 Å². The van der Waals surface area contributed by atoms with Crippen molar-refractivity contribution >= 4 is 11.7 Å². The summed E-state index contributed by atoms with van der Waals surface area (Å²) in [5.74, 6) is -3.67. The van der Waals surface area contributed by atoms with Crippen LogP contribution in [0, 0.1) is 5.82 Å². The number of carbonyl (C=O) groups is 2. The molecule has 0 saturated carbocycles. The molecule has 2 aromatic carbocycles. The van der Waals surface area contributed by atoms with E-state index in [-0.39, 0.29) is 11.6 Å². The van der Waals surface area contributed by atoms with Crippen LogP contribution in [0.25, 0.3) is 0 Å². The number of aromatic nitrogens is 1. The van der Waals surface area contributed by atoms with Crippen LogP contribution < -0.4 is 14.8 Å². The number of pyridine rings is 1. The molecule has 2 heterocycles. The van der Waals surface area contributed by atoms with Crippen LogP contribution in [0.3, 0.4) is 0 Å². The highest BCUT2D eigenvalue weighted by Crippen LogP contribution is 2.30. The topological polar surface area (TPSA) is 77.5 Å². The maximum Gasteiger partial charge on any atom is 0.573 e. The van der Waals surface area contributed by atoms with Gasteiger partial charge >= 0.3 is 12.5 Å². The van der Waals surface area contributed by atoms with E-state index in [0.717, 1.165) is 24.3 Å². The van der Waals surface area contributed by atoms with Crippen LogP contribution in [0.2, 0.25) is 0 Å². The standard InChI is InChI=1S/C17H13F3N2O3.C7H4F4O/c18-17(19,20)15(23)10-3-5-11(6-4-10)16(24)22-12-7-9-25-13-2-1-8-21-14(12)13;8-5-3-1-2-4-6(5)12-7(9,10)11/h1-6,8,12H,7,9H2,(H,22,24);1-4H. The van der Waals surface area contributed by atoms with Crippen molar-refractivity contribution in [2.45, 2.75) is 25.0 Å². The summed E-state index contributed by atoms with van der Waals surface area (Å²) >= 11 is 0. The molecule has 13 heteroatoms. The van der Waals surface area contributed by atoms with Crippen molar-refractivity contribution in [3.05, 3.63) is 89.5 Å². The fraction of sp³-hybridized carbons (Fsp3) is 0.208. The van der Waals surface area contributed by atoms with Gasteiger partial charge in [-0.25, -0.2) is 4.39 Å². The van der Waals surface area contributed by atoms with Crippen LogP contribution in [-0.4, -0.2) is 35.8 Å². The molecule has 1 aliphatic rings. The third-order valence-corrected chi connectivity index (χ3v) is 4.83. The summed E-state index contributed by atoms with van der Waals surface area (Å²) in [6, 6.07) is 11.8. The lowest BCUT2D eigenvalue weighted by Crippen LogP contribution is -2.32. The molecule has 0 spiro atoms. The summed E-state index contributed by atoms with van der Waals surface area (Å²) in [6.07, 6.45) is -7.67. The smallest absolute Gasteiger partial charge is 0.491 e. The van der Waals surface area contributed by atoms with Crippen LogP contribution in [0.15, 0.2) is 66.9 Å². The lowest BCUT2D eigenvalue weighted by Gasteiger charge is -2.25. The highest BCUT2D eigenvalue weighted by molar-refractivity contribution is 6.01. The number of Topliss-reactive ketones (excluding diaryl/α,β-unsaturated/α-hetero) is 1. The van der Waals surface area contributed by atoms with E-state index in [4.69, 9.17) is 4.74 Å². The first-order valence-electron chi connectivity index (χ1n) is 10.5. The number of benzene rings is 2. The van der Waals surface area contributed by atoms with Gasteiger partial charge in [0.05, 0.1) is 12.6 Å². The number of alkyl halides is 6. The number of halogens is 7. The summed E-state index contributed by atoms with van der Waals surface area (Å²) in [6.45, 7) is 0.419. The molecule has 37 heavy (non-hydrogen) atoms. The van der Waals surface area contributed by atoms with Crippen LogP contribution in [0.5, 0.6) is 11.5 Å². The number of ketones is 1. The van der Waals surface area contributed by atoms with Crippen molar-refractivity contribution in [3.8, 4) is 11.5 Å². The lowest BCUT2D eigenvalue weighted by atomic mass is 10.0. The molecular weight excluding hydrogens is 513 g/mol. The average molecular weight is 530 g/mol. The summed E-state index contributed by atoms with van der Waals surface area (Å²) in [4.78, 5) is 27.7.